The minimum absolute atomic E-state index is 0.260. The molecule has 0 amide bonds. The largest absolute Gasteiger partial charge is 0.464 e. The van der Waals surface area contributed by atoms with Gasteiger partial charge < -0.3 is 19.1 Å². The van der Waals surface area contributed by atoms with E-state index >= 15 is 0 Å². The van der Waals surface area contributed by atoms with Gasteiger partial charge in [-0.3, -0.25) is 4.68 Å². The molecule has 3 aromatic carbocycles. The second kappa shape index (κ2) is 11.1. The van der Waals surface area contributed by atoms with Crippen LogP contribution in [0.5, 0.6) is 0 Å². The fourth-order valence-electron chi connectivity index (χ4n) is 6.47. The minimum atomic E-state index is -0.916. The first kappa shape index (κ1) is 30.2. The summed E-state index contributed by atoms with van der Waals surface area (Å²) in [6, 6.07) is 16.2. The molecule has 234 valence electrons. The Balaban J connectivity index is 1.38. The van der Waals surface area contributed by atoms with Gasteiger partial charge in [0.1, 0.15) is 5.01 Å². The Hall–Kier alpha value is -3.50. The molecule has 4 heterocycles. The third-order valence-corrected chi connectivity index (χ3v) is 9.93. The van der Waals surface area contributed by atoms with Crippen molar-refractivity contribution in [2.75, 3.05) is 37.8 Å². The first-order valence-corrected chi connectivity index (χ1v) is 16.5. The molecule has 2 fully saturated rings. The molecule has 7 rings (SSSR count). The first-order valence-electron chi connectivity index (χ1n) is 15.3. The molecule has 5 aromatic rings. The van der Waals surface area contributed by atoms with Gasteiger partial charge in [-0.05, 0) is 82.1 Å². The summed E-state index contributed by atoms with van der Waals surface area (Å²) in [4.78, 5) is 21.0. The van der Waals surface area contributed by atoms with E-state index in [4.69, 9.17) is 35.9 Å². The zero-order chi connectivity index (χ0) is 31.7. The van der Waals surface area contributed by atoms with Gasteiger partial charge in [0.2, 0.25) is 0 Å². The number of aryl methyl sites for hydroxylation is 2. The van der Waals surface area contributed by atoms with Crippen molar-refractivity contribution in [1.82, 2.24) is 14.8 Å². The maximum Gasteiger partial charge on any atom is 0.339 e. The number of aromatic nitrogens is 3. The second-order valence-electron chi connectivity index (χ2n) is 13.2. The van der Waals surface area contributed by atoms with E-state index in [9.17, 15) is 4.79 Å². The van der Waals surface area contributed by atoms with Crippen LogP contribution in [0, 0.1) is 12.3 Å². The van der Waals surface area contributed by atoms with E-state index in [0.717, 1.165) is 86.1 Å². The molecule has 2 aliphatic heterocycles. The highest BCUT2D eigenvalue weighted by Crippen LogP contribution is 2.46. The molecule has 1 atom stereocenters. The lowest BCUT2D eigenvalue weighted by atomic mass is 9.78. The number of esters is 1. The summed E-state index contributed by atoms with van der Waals surface area (Å²) in [6.07, 6.45) is -0.916. The molecule has 0 N–H and O–H groups in total. The van der Waals surface area contributed by atoms with Gasteiger partial charge in [-0.1, -0.05) is 23.7 Å². The lowest BCUT2D eigenvalue weighted by Gasteiger charge is -2.55. The van der Waals surface area contributed by atoms with E-state index in [-0.39, 0.29) is 6.61 Å². The second-order valence-corrected chi connectivity index (χ2v) is 14.7. The highest BCUT2D eigenvalue weighted by atomic mass is 35.5. The van der Waals surface area contributed by atoms with Crippen molar-refractivity contribution in [3.63, 3.8) is 0 Å². The van der Waals surface area contributed by atoms with Crippen molar-refractivity contribution >= 4 is 55.8 Å². The Morgan fingerprint density at radius 3 is 2.47 bits per heavy atom. The lowest BCUT2D eigenvalue weighted by molar-refractivity contribution is -0.166. The summed E-state index contributed by atoms with van der Waals surface area (Å²) in [5.74, 6) is 0.593. The van der Waals surface area contributed by atoms with Gasteiger partial charge in [0.25, 0.3) is 0 Å². The van der Waals surface area contributed by atoms with Crippen LogP contribution in [0.4, 0.5) is 5.82 Å². The van der Waals surface area contributed by atoms with Crippen LogP contribution in [0.15, 0.2) is 48.5 Å². The predicted molar refractivity (Wildman–Crippen MR) is 180 cm³/mol. The standard InChI is InChI=1S/C35H37ClN4O4S/c1-7-43-33(41)29(44-34(3,4)5)27-20(2)14-25-30(28(27)21-8-11-23(36)12-9-21)45-32(37-25)22-10-13-26-24(15-22)31(38-39(26)6)40-16-35(17-40)18-42-19-35/h8-15,29H,7,16-19H2,1-6H3/t29-/m0/s1. The number of thiazole rings is 1. The summed E-state index contributed by atoms with van der Waals surface area (Å²) in [5.41, 5.74) is 6.19. The van der Waals surface area contributed by atoms with Gasteiger partial charge in [0, 0.05) is 47.2 Å². The van der Waals surface area contributed by atoms with Crippen LogP contribution in [-0.4, -0.2) is 59.2 Å². The average Bonchev–Trinajstić information content (AvgIpc) is 3.50. The fraction of sp³-hybridized carbons (Fsp3) is 0.400. The lowest BCUT2D eigenvalue weighted by Crippen LogP contribution is -2.66. The number of nitrogens with zero attached hydrogens (tertiary/aromatic N) is 4. The number of halogens is 1. The number of hydrogen-bond acceptors (Lipinski definition) is 8. The number of rotatable bonds is 7. The molecule has 10 heteroatoms. The number of anilines is 1. The molecule has 8 nitrogen and oxygen atoms in total. The highest BCUT2D eigenvalue weighted by molar-refractivity contribution is 7.22. The molecule has 1 spiro atoms. The van der Waals surface area contributed by atoms with Crippen LogP contribution in [0.25, 0.3) is 42.8 Å². The van der Waals surface area contributed by atoms with Gasteiger partial charge in [-0.2, -0.15) is 5.10 Å². The summed E-state index contributed by atoms with van der Waals surface area (Å²) in [5, 5.41) is 7.54. The highest BCUT2D eigenvalue weighted by Gasteiger charge is 2.50. The molecule has 0 bridgehead atoms. The first-order chi connectivity index (χ1) is 21.4. The average molecular weight is 645 g/mol. The molecule has 0 radical (unpaired) electrons. The Bertz CT molecular complexity index is 1930. The molecule has 45 heavy (non-hydrogen) atoms. The molecule has 0 saturated carbocycles. The summed E-state index contributed by atoms with van der Waals surface area (Å²) in [6.45, 7) is 13.5. The van der Waals surface area contributed by atoms with Crippen LogP contribution in [-0.2, 0) is 26.1 Å². The number of fused-ring (bicyclic) bond motifs is 2. The Morgan fingerprint density at radius 2 is 1.82 bits per heavy atom. The third-order valence-electron chi connectivity index (χ3n) is 8.54. The number of benzene rings is 3. The molecular formula is C35H37ClN4O4S. The van der Waals surface area contributed by atoms with Gasteiger partial charge in [0.05, 0.1) is 46.6 Å². The number of hydrogen-bond donors (Lipinski definition) is 0. The van der Waals surface area contributed by atoms with Crippen LogP contribution in [0.3, 0.4) is 0 Å². The van der Waals surface area contributed by atoms with Crippen LogP contribution < -0.4 is 4.90 Å². The Kier molecular flexibility index (Phi) is 7.43. The number of carbonyl (C=O) groups is 1. The van der Waals surface area contributed by atoms with Crippen LogP contribution in [0.1, 0.15) is 44.9 Å². The van der Waals surface area contributed by atoms with Gasteiger partial charge >= 0.3 is 5.97 Å². The molecule has 2 saturated heterocycles. The molecular weight excluding hydrogens is 608 g/mol. The van der Waals surface area contributed by atoms with Gasteiger partial charge in [-0.25, -0.2) is 9.78 Å². The van der Waals surface area contributed by atoms with Crippen molar-refractivity contribution in [2.45, 2.75) is 46.3 Å². The quantitative estimate of drug-likeness (QED) is 0.168. The SMILES string of the molecule is CCOC(=O)[C@@H](OC(C)(C)C)c1c(C)cc2nc(-c3ccc4c(c3)c(N3CC5(COC5)C3)nn4C)sc2c1-c1ccc(Cl)cc1. The normalized spacial score (nSPS) is 16.6. The van der Waals surface area contributed by atoms with Crippen molar-refractivity contribution in [3.05, 3.63) is 64.7 Å². The van der Waals surface area contributed by atoms with Crippen molar-refractivity contribution in [2.24, 2.45) is 12.5 Å². The zero-order valence-corrected chi connectivity index (χ0v) is 28.0. The third kappa shape index (κ3) is 5.39. The minimum Gasteiger partial charge on any atom is -0.464 e. The van der Waals surface area contributed by atoms with E-state index < -0.39 is 17.7 Å². The van der Waals surface area contributed by atoms with Gasteiger partial charge in [-0.15, -0.1) is 11.3 Å². The maximum absolute atomic E-state index is 13.5. The number of carbonyl (C=O) groups excluding carboxylic acids is 1. The molecule has 0 aliphatic carbocycles. The Morgan fingerprint density at radius 1 is 1.11 bits per heavy atom. The van der Waals surface area contributed by atoms with E-state index in [1.54, 1.807) is 11.3 Å². The smallest absolute Gasteiger partial charge is 0.339 e. The monoisotopic (exact) mass is 644 g/mol. The molecule has 2 aliphatic rings. The predicted octanol–water partition coefficient (Wildman–Crippen LogP) is 7.73. The Labute approximate surface area is 271 Å². The topological polar surface area (TPSA) is 78.7 Å². The molecule has 2 aromatic heterocycles. The van der Waals surface area contributed by atoms with Crippen LogP contribution in [0.2, 0.25) is 5.02 Å². The van der Waals surface area contributed by atoms with Crippen molar-refractivity contribution < 1.29 is 19.0 Å². The summed E-state index contributed by atoms with van der Waals surface area (Å²) < 4.78 is 20.4. The van der Waals surface area contributed by atoms with Crippen molar-refractivity contribution in [3.8, 4) is 21.7 Å². The van der Waals surface area contributed by atoms with Crippen molar-refractivity contribution in [1.29, 1.82) is 0 Å². The maximum atomic E-state index is 13.5. The summed E-state index contributed by atoms with van der Waals surface area (Å²) >= 11 is 7.93. The fourth-order valence-corrected chi connectivity index (χ4v) is 7.72. The van der Waals surface area contributed by atoms with E-state index in [1.165, 1.54) is 0 Å². The van der Waals surface area contributed by atoms with Crippen LogP contribution >= 0.6 is 22.9 Å². The van der Waals surface area contributed by atoms with Gasteiger partial charge in [0.15, 0.2) is 11.9 Å². The van der Waals surface area contributed by atoms with E-state index in [1.807, 2.05) is 70.6 Å². The number of ether oxygens (including phenoxy) is 3. The molecule has 0 unspecified atom stereocenters. The zero-order valence-electron chi connectivity index (χ0n) is 26.4. The van der Waals surface area contributed by atoms with E-state index in [2.05, 4.69) is 29.2 Å². The van der Waals surface area contributed by atoms with E-state index in [0.29, 0.717) is 10.4 Å². The summed E-state index contributed by atoms with van der Waals surface area (Å²) in [7, 11) is 1.99.